The van der Waals surface area contributed by atoms with Gasteiger partial charge in [0, 0.05) is 4.47 Å². The minimum absolute atomic E-state index is 0.301. The molecule has 0 amide bonds. The Bertz CT molecular complexity index is 396. The molecule has 0 aromatic heterocycles. The molecule has 1 rings (SSSR count). The fourth-order valence-corrected chi connectivity index (χ4v) is 1.49. The molecule has 5 heteroatoms. The predicted octanol–water partition coefficient (Wildman–Crippen LogP) is 3.68. The first-order chi connectivity index (χ1) is 6.95. The van der Waals surface area contributed by atoms with Gasteiger partial charge < -0.3 is 0 Å². The molecular weight excluding hydrogens is 273 g/mol. The van der Waals surface area contributed by atoms with E-state index < -0.39 is 11.7 Å². The largest absolute Gasteiger partial charge is 0.416 e. The molecule has 0 unspecified atom stereocenters. The van der Waals surface area contributed by atoms with E-state index in [-0.39, 0.29) is 0 Å². The van der Waals surface area contributed by atoms with E-state index in [9.17, 15) is 18.0 Å². The number of carbonyl (C=O) groups is 1. The van der Waals surface area contributed by atoms with Crippen LogP contribution in [0, 0.1) is 0 Å². The van der Waals surface area contributed by atoms with Crippen molar-refractivity contribution in [2.45, 2.75) is 6.18 Å². The van der Waals surface area contributed by atoms with Crippen molar-refractivity contribution in [3.05, 3.63) is 39.9 Å². The quantitative estimate of drug-likeness (QED) is 0.596. The van der Waals surface area contributed by atoms with Crippen molar-refractivity contribution in [2.24, 2.45) is 0 Å². The highest BCUT2D eigenvalue weighted by Crippen LogP contribution is 2.32. The van der Waals surface area contributed by atoms with Gasteiger partial charge in [-0.05, 0) is 23.8 Å². The first kappa shape index (κ1) is 12.0. The minimum atomic E-state index is -4.35. The summed E-state index contributed by atoms with van der Waals surface area (Å²) >= 11 is 3.00. The number of benzene rings is 1. The Morgan fingerprint density at radius 3 is 2.40 bits per heavy atom. The zero-order valence-corrected chi connectivity index (χ0v) is 8.97. The lowest BCUT2D eigenvalue weighted by Crippen LogP contribution is -2.04. The number of rotatable bonds is 2. The van der Waals surface area contributed by atoms with Crippen molar-refractivity contribution in [3.63, 3.8) is 0 Å². The highest BCUT2D eigenvalue weighted by Gasteiger charge is 2.30. The average Bonchev–Trinajstić information content (AvgIpc) is 2.14. The van der Waals surface area contributed by atoms with Crippen molar-refractivity contribution >= 4 is 28.3 Å². The van der Waals surface area contributed by atoms with Crippen molar-refractivity contribution in [1.29, 1.82) is 0 Å². The summed E-state index contributed by atoms with van der Waals surface area (Å²) in [4.78, 5) is 10.0. The first-order valence-electron chi connectivity index (χ1n) is 3.94. The highest BCUT2D eigenvalue weighted by atomic mass is 79.9. The molecule has 0 bridgehead atoms. The van der Waals surface area contributed by atoms with E-state index in [0.29, 0.717) is 16.3 Å². The maximum Gasteiger partial charge on any atom is 0.416 e. The minimum Gasteiger partial charge on any atom is -0.299 e. The third-order valence-electron chi connectivity index (χ3n) is 1.68. The van der Waals surface area contributed by atoms with Crippen LogP contribution in [-0.4, -0.2) is 6.29 Å². The van der Waals surface area contributed by atoms with Crippen LogP contribution >= 0.6 is 15.9 Å². The van der Waals surface area contributed by atoms with Crippen LogP contribution in [0.5, 0.6) is 0 Å². The average molecular weight is 279 g/mol. The van der Waals surface area contributed by atoms with Crippen LogP contribution in [0.3, 0.4) is 0 Å². The third kappa shape index (κ3) is 3.20. The molecule has 0 spiro atoms. The van der Waals surface area contributed by atoms with Gasteiger partial charge in [0.15, 0.2) is 0 Å². The summed E-state index contributed by atoms with van der Waals surface area (Å²) in [6, 6.07) is 3.24. The van der Waals surface area contributed by atoms with Crippen molar-refractivity contribution < 1.29 is 18.0 Å². The molecule has 0 saturated carbocycles. The summed E-state index contributed by atoms with van der Waals surface area (Å²) in [5, 5.41) is 0. The summed E-state index contributed by atoms with van der Waals surface area (Å²) in [6.45, 7) is 0. The highest BCUT2D eigenvalue weighted by molar-refractivity contribution is 9.10. The number of halogens is 4. The first-order valence-corrected chi connectivity index (χ1v) is 4.73. The SMILES string of the molecule is O=C/C=C/c1ccc(C(F)(F)F)cc1Br. The van der Waals surface area contributed by atoms with Crippen molar-refractivity contribution in [2.75, 3.05) is 0 Å². The molecule has 0 N–H and O–H groups in total. The summed E-state index contributed by atoms with van der Waals surface area (Å²) in [7, 11) is 0. The molecule has 0 atom stereocenters. The van der Waals surface area contributed by atoms with Crippen LogP contribution in [-0.2, 0) is 11.0 Å². The molecule has 80 valence electrons. The number of hydrogen-bond acceptors (Lipinski definition) is 1. The number of carbonyl (C=O) groups excluding carboxylic acids is 1. The Morgan fingerprint density at radius 2 is 1.93 bits per heavy atom. The maximum atomic E-state index is 12.3. The van der Waals surface area contributed by atoms with Gasteiger partial charge in [0.05, 0.1) is 5.56 Å². The Balaban J connectivity index is 3.09. The second kappa shape index (κ2) is 4.61. The van der Waals surface area contributed by atoms with Gasteiger partial charge in [-0.25, -0.2) is 0 Å². The fraction of sp³-hybridized carbons (Fsp3) is 0.100. The monoisotopic (exact) mass is 278 g/mol. The molecule has 1 nitrogen and oxygen atoms in total. The molecular formula is C10H6BrF3O. The van der Waals surface area contributed by atoms with Gasteiger partial charge in [0.25, 0.3) is 0 Å². The van der Waals surface area contributed by atoms with Gasteiger partial charge >= 0.3 is 6.18 Å². The molecule has 0 radical (unpaired) electrons. The zero-order valence-electron chi connectivity index (χ0n) is 7.38. The van der Waals surface area contributed by atoms with Crippen LogP contribution in [0.25, 0.3) is 6.08 Å². The second-order valence-corrected chi connectivity index (χ2v) is 3.58. The zero-order chi connectivity index (χ0) is 11.5. The van der Waals surface area contributed by atoms with Crippen LogP contribution in [0.2, 0.25) is 0 Å². The van der Waals surface area contributed by atoms with E-state index in [2.05, 4.69) is 15.9 Å². The number of allylic oxidation sites excluding steroid dienone is 1. The molecule has 0 aliphatic rings. The van der Waals surface area contributed by atoms with E-state index >= 15 is 0 Å². The summed E-state index contributed by atoms with van der Waals surface area (Å²) < 4.78 is 37.1. The van der Waals surface area contributed by atoms with Crippen LogP contribution in [0.1, 0.15) is 11.1 Å². The lowest BCUT2D eigenvalue weighted by Gasteiger charge is -2.07. The Hall–Kier alpha value is -1.10. The Kier molecular flexibility index (Phi) is 3.68. The second-order valence-electron chi connectivity index (χ2n) is 2.73. The molecule has 0 fully saturated rings. The van der Waals surface area contributed by atoms with Gasteiger partial charge in [-0.2, -0.15) is 13.2 Å². The Morgan fingerprint density at radius 1 is 1.27 bits per heavy atom. The molecule has 0 heterocycles. The molecule has 0 saturated heterocycles. The topological polar surface area (TPSA) is 17.1 Å². The van der Waals surface area contributed by atoms with Gasteiger partial charge in [-0.1, -0.05) is 28.1 Å². The number of alkyl halides is 3. The van der Waals surface area contributed by atoms with Gasteiger partial charge in [0.2, 0.25) is 0 Å². The van der Waals surface area contributed by atoms with E-state index in [1.54, 1.807) is 0 Å². The predicted molar refractivity (Wildman–Crippen MR) is 54.2 cm³/mol. The molecule has 0 aliphatic heterocycles. The molecule has 1 aromatic rings. The van der Waals surface area contributed by atoms with Crippen LogP contribution < -0.4 is 0 Å². The summed E-state index contributed by atoms with van der Waals surface area (Å²) in [6.07, 6.45) is -1.15. The lowest BCUT2D eigenvalue weighted by atomic mass is 10.1. The lowest BCUT2D eigenvalue weighted by molar-refractivity contribution is -0.137. The van der Waals surface area contributed by atoms with E-state index in [0.717, 1.165) is 12.1 Å². The standard InChI is InChI=1S/C10H6BrF3O/c11-9-6-8(10(12,13)14)4-3-7(9)2-1-5-15/h1-6H/b2-1+. The molecule has 1 aromatic carbocycles. The van der Waals surface area contributed by atoms with Gasteiger partial charge in [0.1, 0.15) is 6.29 Å². The van der Waals surface area contributed by atoms with Crippen LogP contribution in [0.4, 0.5) is 13.2 Å². The molecule has 15 heavy (non-hydrogen) atoms. The smallest absolute Gasteiger partial charge is 0.299 e. The van der Waals surface area contributed by atoms with E-state index in [1.807, 2.05) is 0 Å². The van der Waals surface area contributed by atoms with Gasteiger partial charge in [-0.15, -0.1) is 0 Å². The van der Waals surface area contributed by atoms with E-state index in [1.165, 1.54) is 18.2 Å². The van der Waals surface area contributed by atoms with E-state index in [4.69, 9.17) is 0 Å². The third-order valence-corrected chi connectivity index (χ3v) is 2.37. The molecule has 0 aliphatic carbocycles. The number of aldehydes is 1. The maximum absolute atomic E-state index is 12.3. The summed E-state index contributed by atoms with van der Waals surface area (Å²) in [5.41, 5.74) is -0.201. The Labute approximate surface area is 92.7 Å². The van der Waals surface area contributed by atoms with Crippen molar-refractivity contribution in [1.82, 2.24) is 0 Å². The fourth-order valence-electron chi connectivity index (χ4n) is 0.982. The number of hydrogen-bond donors (Lipinski definition) is 0. The normalized spacial score (nSPS) is 12.0. The van der Waals surface area contributed by atoms with Gasteiger partial charge in [-0.3, -0.25) is 4.79 Å². The summed E-state index contributed by atoms with van der Waals surface area (Å²) in [5.74, 6) is 0. The van der Waals surface area contributed by atoms with Crippen LogP contribution in [0.15, 0.2) is 28.7 Å². The van der Waals surface area contributed by atoms with Crippen molar-refractivity contribution in [3.8, 4) is 0 Å².